The van der Waals surface area contributed by atoms with E-state index in [1.807, 2.05) is 37.3 Å². The number of aliphatic carboxylic acids is 1. The summed E-state index contributed by atoms with van der Waals surface area (Å²) in [6.07, 6.45) is -0.287. The summed E-state index contributed by atoms with van der Waals surface area (Å²) in [5.74, 6) is -1.24. The average molecular weight is 372 g/mol. The van der Waals surface area contributed by atoms with Crippen LogP contribution in [-0.4, -0.2) is 28.6 Å². The van der Waals surface area contributed by atoms with Gasteiger partial charge in [-0.05, 0) is 37.3 Å². The molecule has 0 saturated heterocycles. The number of amides is 2. The van der Waals surface area contributed by atoms with Crippen LogP contribution in [0.4, 0.5) is 11.4 Å². The van der Waals surface area contributed by atoms with Crippen molar-refractivity contribution >= 4 is 40.9 Å². The number of hydrogen-bond acceptors (Lipinski definition) is 4. The Hall–Kier alpha value is -2.80. The normalized spacial score (nSPS) is 10.2. The largest absolute Gasteiger partial charge is 0.481 e. The molecule has 26 heavy (non-hydrogen) atoms. The van der Waals surface area contributed by atoms with Crippen molar-refractivity contribution in [2.45, 2.75) is 24.7 Å². The van der Waals surface area contributed by atoms with E-state index in [0.29, 0.717) is 5.69 Å². The third kappa shape index (κ3) is 6.98. The Morgan fingerprint density at radius 3 is 2.31 bits per heavy atom. The highest BCUT2D eigenvalue weighted by Gasteiger charge is 2.07. The first kappa shape index (κ1) is 19.5. The zero-order chi connectivity index (χ0) is 18.9. The molecule has 6 nitrogen and oxygen atoms in total. The molecule has 0 heterocycles. The monoisotopic (exact) mass is 372 g/mol. The first-order chi connectivity index (χ1) is 12.4. The van der Waals surface area contributed by atoms with Gasteiger partial charge in [0.15, 0.2) is 0 Å². The van der Waals surface area contributed by atoms with Gasteiger partial charge >= 0.3 is 5.97 Å². The Kier molecular flexibility index (Phi) is 7.23. The van der Waals surface area contributed by atoms with Crippen molar-refractivity contribution in [2.24, 2.45) is 0 Å². The lowest BCUT2D eigenvalue weighted by Crippen LogP contribution is -2.14. The molecule has 2 amide bonds. The van der Waals surface area contributed by atoms with Gasteiger partial charge in [-0.1, -0.05) is 23.8 Å². The van der Waals surface area contributed by atoms with Crippen molar-refractivity contribution in [1.82, 2.24) is 0 Å². The quantitative estimate of drug-likeness (QED) is 0.616. The minimum Gasteiger partial charge on any atom is -0.481 e. The molecular formula is C19H20N2O4S. The van der Waals surface area contributed by atoms with Gasteiger partial charge < -0.3 is 15.7 Å². The third-order valence-corrected chi connectivity index (χ3v) is 4.38. The molecule has 3 N–H and O–H groups in total. The number of thioether (sulfide) groups is 1. The van der Waals surface area contributed by atoms with Crippen molar-refractivity contribution < 1.29 is 19.5 Å². The van der Waals surface area contributed by atoms with Gasteiger partial charge in [-0.25, -0.2) is 0 Å². The van der Waals surface area contributed by atoms with E-state index in [2.05, 4.69) is 10.6 Å². The number of carbonyl (C=O) groups is 3. The van der Waals surface area contributed by atoms with Gasteiger partial charge in [0.1, 0.15) is 0 Å². The van der Waals surface area contributed by atoms with Crippen molar-refractivity contribution in [3.8, 4) is 0 Å². The predicted octanol–water partition coefficient (Wildman–Crippen LogP) is 3.53. The van der Waals surface area contributed by atoms with Crippen molar-refractivity contribution in [2.75, 3.05) is 16.4 Å². The fraction of sp³-hybridized carbons (Fsp3) is 0.211. The number of carboxylic acids is 1. The Bertz CT molecular complexity index is 790. The summed E-state index contributed by atoms with van der Waals surface area (Å²) in [6, 6.07) is 14.6. The van der Waals surface area contributed by atoms with Gasteiger partial charge in [-0.3, -0.25) is 14.4 Å². The summed E-state index contributed by atoms with van der Waals surface area (Å²) in [5, 5.41) is 14.1. The second-order valence-electron chi connectivity index (χ2n) is 5.67. The summed E-state index contributed by atoms with van der Waals surface area (Å²) >= 11 is 1.35. The Balaban J connectivity index is 1.83. The van der Waals surface area contributed by atoms with Gasteiger partial charge in [0.2, 0.25) is 11.8 Å². The predicted molar refractivity (Wildman–Crippen MR) is 102 cm³/mol. The van der Waals surface area contributed by atoms with Crippen LogP contribution in [0.5, 0.6) is 0 Å². The van der Waals surface area contributed by atoms with E-state index in [1.165, 1.54) is 11.8 Å². The third-order valence-electron chi connectivity index (χ3n) is 3.39. The van der Waals surface area contributed by atoms with Crippen LogP contribution >= 0.6 is 11.8 Å². The molecule has 0 atom stereocenters. The standard InChI is InChI=1S/C19H20N2O4S/c1-13-5-7-14(8-6-13)20-18(23)12-26-16-4-2-3-15(11-16)21-17(22)9-10-19(24)25/h2-8,11H,9-10,12H2,1H3,(H,20,23)(H,21,22)(H,24,25). The molecule has 0 saturated carbocycles. The maximum Gasteiger partial charge on any atom is 0.303 e. The molecule has 2 aromatic rings. The number of anilines is 2. The molecule has 0 radical (unpaired) electrons. The van der Waals surface area contributed by atoms with Crippen molar-refractivity contribution in [1.29, 1.82) is 0 Å². The number of nitrogens with one attached hydrogen (secondary N) is 2. The number of carboxylic acid groups (broad SMARTS) is 1. The summed E-state index contributed by atoms with van der Waals surface area (Å²) in [4.78, 5) is 35.0. The second kappa shape index (κ2) is 9.62. The Morgan fingerprint density at radius 1 is 0.923 bits per heavy atom. The maximum absolute atomic E-state index is 12.0. The van der Waals surface area contributed by atoms with E-state index in [4.69, 9.17) is 5.11 Å². The van der Waals surface area contributed by atoms with E-state index >= 15 is 0 Å². The molecule has 0 unspecified atom stereocenters. The smallest absolute Gasteiger partial charge is 0.303 e. The highest BCUT2D eigenvalue weighted by molar-refractivity contribution is 8.00. The van der Waals surface area contributed by atoms with E-state index in [9.17, 15) is 14.4 Å². The molecule has 0 aromatic heterocycles. The van der Waals surface area contributed by atoms with Crippen LogP contribution in [0, 0.1) is 6.92 Å². The summed E-state index contributed by atoms with van der Waals surface area (Å²) in [5.41, 5.74) is 2.45. The molecule has 0 aliphatic carbocycles. The molecule has 0 aliphatic heterocycles. The number of benzene rings is 2. The molecule has 0 fully saturated rings. The van der Waals surface area contributed by atoms with Crippen molar-refractivity contribution in [3.05, 3.63) is 54.1 Å². The highest BCUT2D eigenvalue weighted by Crippen LogP contribution is 2.22. The molecule has 136 valence electrons. The van der Waals surface area contributed by atoms with Crippen LogP contribution in [0.1, 0.15) is 18.4 Å². The average Bonchev–Trinajstić information content (AvgIpc) is 2.60. The maximum atomic E-state index is 12.0. The molecule has 2 aromatic carbocycles. The highest BCUT2D eigenvalue weighted by atomic mass is 32.2. The summed E-state index contributed by atoms with van der Waals surface area (Å²) in [6.45, 7) is 1.98. The fourth-order valence-electron chi connectivity index (χ4n) is 2.09. The lowest BCUT2D eigenvalue weighted by Gasteiger charge is -2.08. The van der Waals surface area contributed by atoms with E-state index in [0.717, 1.165) is 16.1 Å². The van der Waals surface area contributed by atoms with Gasteiger partial charge in [0.05, 0.1) is 12.2 Å². The topological polar surface area (TPSA) is 95.5 Å². The van der Waals surface area contributed by atoms with Gasteiger partial charge in [0, 0.05) is 22.7 Å². The van der Waals surface area contributed by atoms with Crippen LogP contribution in [-0.2, 0) is 14.4 Å². The minimum atomic E-state index is -1.01. The van der Waals surface area contributed by atoms with E-state index in [1.54, 1.807) is 18.2 Å². The summed E-state index contributed by atoms with van der Waals surface area (Å²) < 4.78 is 0. The summed E-state index contributed by atoms with van der Waals surface area (Å²) in [7, 11) is 0. The van der Waals surface area contributed by atoms with Gasteiger partial charge in [-0.15, -0.1) is 11.8 Å². The second-order valence-corrected chi connectivity index (χ2v) is 6.72. The lowest BCUT2D eigenvalue weighted by atomic mass is 10.2. The molecule has 0 aliphatic rings. The number of rotatable bonds is 8. The fourth-order valence-corrected chi connectivity index (χ4v) is 2.85. The van der Waals surface area contributed by atoms with Crippen molar-refractivity contribution in [3.63, 3.8) is 0 Å². The van der Waals surface area contributed by atoms with Crippen LogP contribution in [0.3, 0.4) is 0 Å². The van der Waals surface area contributed by atoms with Gasteiger partial charge in [0.25, 0.3) is 0 Å². The molecule has 0 bridgehead atoms. The SMILES string of the molecule is Cc1ccc(NC(=O)CSc2cccc(NC(=O)CCC(=O)O)c2)cc1. The lowest BCUT2D eigenvalue weighted by molar-refractivity contribution is -0.138. The molecule has 7 heteroatoms. The number of hydrogen-bond donors (Lipinski definition) is 3. The van der Waals surface area contributed by atoms with E-state index in [-0.39, 0.29) is 30.4 Å². The minimum absolute atomic E-state index is 0.0777. The van der Waals surface area contributed by atoms with Crippen LogP contribution in [0.25, 0.3) is 0 Å². The number of aryl methyl sites for hydroxylation is 1. The first-order valence-corrected chi connectivity index (χ1v) is 9.02. The van der Waals surface area contributed by atoms with Crippen LogP contribution in [0.2, 0.25) is 0 Å². The molecular weight excluding hydrogens is 352 g/mol. The number of carbonyl (C=O) groups excluding carboxylic acids is 2. The Labute approximate surface area is 156 Å². The Morgan fingerprint density at radius 2 is 1.62 bits per heavy atom. The van der Waals surface area contributed by atoms with Gasteiger partial charge in [-0.2, -0.15) is 0 Å². The molecule has 2 rings (SSSR count). The first-order valence-electron chi connectivity index (χ1n) is 8.03. The van der Waals surface area contributed by atoms with E-state index < -0.39 is 5.97 Å². The zero-order valence-electron chi connectivity index (χ0n) is 14.3. The zero-order valence-corrected chi connectivity index (χ0v) is 15.1. The van der Waals surface area contributed by atoms with Crippen LogP contribution in [0.15, 0.2) is 53.4 Å². The molecule has 0 spiro atoms. The van der Waals surface area contributed by atoms with Crippen LogP contribution < -0.4 is 10.6 Å².